The van der Waals surface area contributed by atoms with Crippen molar-refractivity contribution in [1.82, 2.24) is 4.90 Å². The zero-order valence-corrected chi connectivity index (χ0v) is 17.9. The summed E-state index contributed by atoms with van der Waals surface area (Å²) in [7, 11) is 1.05. The van der Waals surface area contributed by atoms with E-state index in [1.807, 2.05) is 12.1 Å². The van der Waals surface area contributed by atoms with E-state index in [1.54, 1.807) is 48.5 Å². The lowest BCUT2D eigenvalue weighted by atomic mass is 10.1. The van der Waals surface area contributed by atoms with Gasteiger partial charge in [-0.1, -0.05) is 60.7 Å². The Labute approximate surface area is 175 Å². The van der Waals surface area contributed by atoms with Gasteiger partial charge in [-0.2, -0.15) is 0 Å². The lowest BCUT2D eigenvalue weighted by Gasteiger charge is -2.26. The minimum absolute atomic E-state index is 0.00334. The topological polar surface area (TPSA) is 55.8 Å². The van der Waals surface area contributed by atoms with Crippen LogP contribution in [0.3, 0.4) is 0 Å². The van der Waals surface area contributed by atoms with Gasteiger partial charge in [0.1, 0.15) is 11.4 Å². The molecule has 3 rings (SSSR count). The maximum absolute atomic E-state index is 14.6. The number of benzene rings is 3. The molecule has 3 aromatic rings. The van der Waals surface area contributed by atoms with Gasteiger partial charge in [-0.05, 0) is 12.1 Å². The highest BCUT2D eigenvalue weighted by atomic mass is 31.2. The first-order chi connectivity index (χ1) is 14.4. The number of rotatable bonds is 7. The van der Waals surface area contributed by atoms with Crippen LogP contribution < -0.4 is 20.1 Å². The van der Waals surface area contributed by atoms with Gasteiger partial charge in [0.15, 0.2) is 18.6 Å². The number of nitrogens with zero attached hydrogens (tertiary/aromatic N) is 1. The van der Waals surface area contributed by atoms with Crippen molar-refractivity contribution in [3.63, 3.8) is 0 Å². The number of carbonyl (C=O) groups excluding carboxylic acids is 1. The van der Waals surface area contributed by atoms with Crippen molar-refractivity contribution in [2.45, 2.75) is 0 Å². The summed E-state index contributed by atoms with van der Waals surface area (Å²) in [4.78, 5) is 14.4. The van der Waals surface area contributed by atoms with Crippen LogP contribution in [0.2, 0.25) is 0 Å². The molecule has 1 amide bonds. The maximum atomic E-state index is 14.6. The molecule has 0 radical (unpaired) electrons. The van der Waals surface area contributed by atoms with E-state index < -0.39 is 18.9 Å². The van der Waals surface area contributed by atoms with E-state index in [0.717, 1.165) is 6.07 Å². The number of halogens is 1. The summed E-state index contributed by atoms with van der Waals surface area (Å²) in [6.07, 6.45) is -0.0976. The Morgan fingerprint density at radius 1 is 0.900 bits per heavy atom. The van der Waals surface area contributed by atoms with Gasteiger partial charge >= 0.3 is 0 Å². The predicted molar refractivity (Wildman–Crippen MR) is 116 cm³/mol. The molecule has 0 aliphatic heterocycles. The summed E-state index contributed by atoms with van der Waals surface area (Å²) in [5.74, 6) is -1.14. The van der Waals surface area contributed by atoms with Crippen LogP contribution in [0.5, 0.6) is 11.5 Å². The molecule has 7 heteroatoms. The van der Waals surface area contributed by atoms with Crippen LogP contribution in [0.1, 0.15) is 10.4 Å². The molecule has 0 aliphatic rings. The number of amides is 1. The van der Waals surface area contributed by atoms with E-state index in [2.05, 4.69) is 0 Å². The highest BCUT2D eigenvalue weighted by Gasteiger charge is 2.32. The summed E-state index contributed by atoms with van der Waals surface area (Å²) in [5, 5.41) is 1.24. The van der Waals surface area contributed by atoms with E-state index >= 15 is 0 Å². The zero-order chi connectivity index (χ0) is 21.7. The number of ether oxygens (including phenoxy) is 2. The van der Waals surface area contributed by atoms with Gasteiger partial charge in [0.25, 0.3) is 5.91 Å². The molecule has 0 N–H and O–H groups in total. The smallest absolute Gasteiger partial charge is 0.260 e. The minimum Gasteiger partial charge on any atom is -0.493 e. The first-order valence-corrected chi connectivity index (χ1v) is 11.2. The Morgan fingerprint density at radius 2 is 1.43 bits per heavy atom. The van der Waals surface area contributed by atoms with Gasteiger partial charge in [-0.15, -0.1) is 0 Å². The van der Waals surface area contributed by atoms with Crippen LogP contribution in [0.15, 0.2) is 72.8 Å². The Hall–Kier alpha value is -3.11. The molecule has 0 saturated carbocycles. The van der Waals surface area contributed by atoms with Crippen molar-refractivity contribution in [1.29, 1.82) is 0 Å². The molecule has 0 unspecified atom stereocenters. The fourth-order valence-electron chi connectivity index (χ4n) is 3.31. The molecular formula is C23H23FNO4P. The molecule has 156 valence electrons. The molecule has 0 heterocycles. The Bertz CT molecular complexity index is 1030. The monoisotopic (exact) mass is 427 g/mol. The van der Waals surface area contributed by atoms with Crippen molar-refractivity contribution in [2.24, 2.45) is 0 Å². The third-order valence-corrected chi connectivity index (χ3v) is 7.90. The molecule has 30 heavy (non-hydrogen) atoms. The maximum Gasteiger partial charge on any atom is 0.260 e. The third-order valence-electron chi connectivity index (χ3n) is 4.81. The van der Waals surface area contributed by atoms with E-state index in [9.17, 15) is 13.8 Å². The second kappa shape index (κ2) is 9.14. The molecule has 0 spiro atoms. The van der Waals surface area contributed by atoms with Crippen LogP contribution >= 0.6 is 7.14 Å². The van der Waals surface area contributed by atoms with Gasteiger partial charge in [-0.3, -0.25) is 4.79 Å². The molecule has 0 bridgehead atoms. The zero-order valence-electron chi connectivity index (χ0n) is 17.0. The summed E-state index contributed by atoms with van der Waals surface area (Å²) in [6, 6.07) is 20.5. The molecule has 0 aliphatic carbocycles. The largest absolute Gasteiger partial charge is 0.493 e. The van der Waals surface area contributed by atoms with Crippen molar-refractivity contribution in [2.75, 3.05) is 27.6 Å². The fraction of sp³-hybridized carbons (Fsp3) is 0.174. The SMILES string of the molecule is COc1ccc(F)c(C(=O)N(C)CP(=O)(c2ccccc2)c2ccccc2)c1OC. The van der Waals surface area contributed by atoms with Gasteiger partial charge in [0, 0.05) is 17.7 Å². The third kappa shape index (κ3) is 4.10. The Balaban J connectivity index is 2.03. The molecular weight excluding hydrogens is 404 g/mol. The highest BCUT2D eigenvalue weighted by Crippen LogP contribution is 2.44. The fourth-order valence-corrected chi connectivity index (χ4v) is 5.96. The molecule has 0 atom stereocenters. The van der Waals surface area contributed by atoms with E-state index in [0.29, 0.717) is 10.6 Å². The highest BCUT2D eigenvalue weighted by molar-refractivity contribution is 7.78. The average molecular weight is 427 g/mol. The van der Waals surface area contributed by atoms with Gasteiger partial charge in [-0.25, -0.2) is 4.39 Å². The van der Waals surface area contributed by atoms with Crippen LogP contribution in [0.25, 0.3) is 0 Å². The summed E-state index contributed by atoms with van der Waals surface area (Å²) >= 11 is 0. The van der Waals surface area contributed by atoms with Gasteiger partial charge in [0.2, 0.25) is 0 Å². The van der Waals surface area contributed by atoms with Crippen LogP contribution in [-0.2, 0) is 4.57 Å². The first kappa shape index (κ1) is 21.6. The second-order valence-electron chi connectivity index (χ2n) is 6.71. The van der Waals surface area contributed by atoms with E-state index in [1.165, 1.54) is 32.2 Å². The van der Waals surface area contributed by atoms with Crippen LogP contribution in [0.4, 0.5) is 4.39 Å². The quantitative estimate of drug-likeness (QED) is 0.537. The number of carbonyl (C=O) groups is 1. The summed E-state index contributed by atoms with van der Waals surface area (Å²) in [5.41, 5.74) is -0.257. The summed E-state index contributed by atoms with van der Waals surface area (Å²) < 4.78 is 39.2. The van der Waals surface area contributed by atoms with Crippen LogP contribution in [-0.4, -0.2) is 38.4 Å². The average Bonchev–Trinajstić information content (AvgIpc) is 2.79. The van der Waals surface area contributed by atoms with Crippen molar-refractivity contribution in [3.8, 4) is 11.5 Å². The van der Waals surface area contributed by atoms with Crippen LogP contribution in [0, 0.1) is 5.82 Å². The predicted octanol–water partition coefficient (Wildman–Crippen LogP) is 3.89. The van der Waals surface area contributed by atoms with E-state index in [-0.39, 0.29) is 23.3 Å². The number of methoxy groups -OCH3 is 2. The second-order valence-corrected chi connectivity index (χ2v) is 9.51. The molecule has 0 saturated heterocycles. The lowest BCUT2D eigenvalue weighted by Crippen LogP contribution is -2.33. The van der Waals surface area contributed by atoms with Crippen molar-refractivity contribution < 1.29 is 23.2 Å². The molecule has 5 nitrogen and oxygen atoms in total. The molecule has 3 aromatic carbocycles. The minimum atomic E-state index is -3.20. The van der Waals surface area contributed by atoms with Crippen molar-refractivity contribution in [3.05, 3.63) is 84.2 Å². The summed E-state index contributed by atoms with van der Waals surface area (Å²) in [6.45, 7) is 0. The van der Waals surface area contributed by atoms with E-state index in [4.69, 9.17) is 9.47 Å². The molecule has 0 fully saturated rings. The Kier molecular flexibility index (Phi) is 6.58. The van der Waals surface area contributed by atoms with Crippen molar-refractivity contribution >= 4 is 23.7 Å². The lowest BCUT2D eigenvalue weighted by molar-refractivity contribution is 0.0808. The molecule has 0 aromatic heterocycles. The standard InChI is InChI=1S/C23H23FNO4P/c1-25(23(26)21-19(24)14-15-20(28-2)22(21)29-3)16-30(27,17-10-6-4-7-11-17)18-12-8-5-9-13-18/h4-15H,16H2,1-3H3. The Morgan fingerprint density at radius 3 is 1.90 bits per heavy atom. The van der Waals surface area contributed by atoms with Gasteiger partial charge in [0.05, 0.1) is 20.5 Å². The number of hydrogen-bond donors (Lipinski definition) is 0. The first-order valence-electron chi connectivity index (χ1n) is 9.28. The normalized spacial score (nSPS) is 11.1. The number of hydrogen-bond acceptors (Lipinski definition) is 4. The van der Waals surface area contributed by atoms with Gasteiger partial charge < -0.3 is 18.9 Å².